The minimum absolute atomic E-state index is 0.138. The van der Waals surface area contributed by atoms with Gasteiger partial charge in [0.05, 0.1) is 7.11 Å². The molecule has 2 N–H and O–H groups in total. The highest BCUT2D eigenvalue weighted by molar-refractivity contribution is 5.64. The van der Waals surface area contributed by atoms with E-state index in [0.29, 0.717) is 22.6 Å². The minimum atomic E-state index is -2.60. The van der Waals surface area contributed by atoms with Crippen molar-refractivity contribution in [1.29, 1.82) is 0 Å². The van der Waals surface area contributed by atoms with Crippen molar-refractivity contribution in [3.63, 3.8) is 0 Å². The average molecular weight is 338 g/mol. The second-order valence-corrected chi connectivity index (χ2v) is 4.82. The summed E-state index contributed by atoms with van der Waals surface area (Å²) in [6, 6.07) is 7.78. The molecule has 128 valence electrons. The van der Waals surface area contributed by atoms with Gasteiger partial charge in [-0.2, -0.15) is 0 Å². The van der Waals surface area contributed by atoms with Gasteiger partial charge in [0, 0.05) is 18.3 Å². The lowest BCUT2D eigenvalue weighted by Gasteiger charge is -2.12. The van der Waals surface area contributed by atoms with Gasteiger partial charge in [-0.1, -0.05) is 12.1 Å². The molecule has 0 atom stereocenters. The monoisotopic (exact) mass is 338 g/mol. The summed E-state index contributed by atoms with van der Waals surface area (Å²) in [4.78, 5) is 14.2. The van der Waals surface area contributed by atoms with Gasteiger partial charge in [0.2, 0.25) is 0 Å². The number of amides is 1. The van der Waals surface area contributed by atoms with Crippen LogP contribution in [0.1, 0.15) is 23.2 Å². The second-order valence-electron chi connectivity index (χ2n) is 4.82. The van der Waals surface area contributed by atoms with Crippen molar-refractivity contribution in [2.24, 2.45) is 0 Å². The maximum Gasteiger partial charge on any atom is 0.404 e. The number of benzene rings is 1. The van der Waals surface area contributed by atoms with Gasteiger partial charge < -0.3 is 19.9 Å². The summed E-state index contributed by atoms with van der Waals surface area (Å²) in [5, 5.41) is 10.9. The maximum atomic E-state index is 12.4. The summed E-state index contributed by atoms with van der Waals surface area (Å²) < 4.78 is 35.7. The number of carboxylic acid groups (broad SMARTS) is 1. The van der Waals surface area contributed by atoms with Crippen LogP contribution in [0.5, 0.6) is 11.5 Å². The predicted octanol–water partition coefficient (Wildman–Crippen LogP) is 3.37. The van der Waals surface area contributed by atoms with Crippen molar-refractivity contribution in [3.8, 4) is 11.5 Å². The van der Waals surface area contributed by atoms with Crippen molar-refractivity contribution < 1.29 is 28.2 Å². The van der Waals surface area contributed by atoms with Crippen LogP contribution in [0, 0.1) is 0 Å². The molecule has 1 aromatic carbocycles. The molecule has 1 amide bonds. The fourth-order valence-corrected chi connectivity index (χ4v) is 1.93. The van der Waals surface area contributed by atoms with Gasteiger partial charge in [-0.3, -0.25) is 4.98 Å². The quantitative estimate of drug-likeness (QED) is 0.809. The van der Waals surface area contributed by atoms with E-state index in [4.69, 9.17) is 14.6 Å². The molecule has 0 aliphatic rings. The first-order valence-electron chi connectivity index (χ1n) is 6.99. The molecule has 2 rings (SSSR count). The van der Waals surface area contributed by atoms with Gasteiger partial charge in [-0.25, -0.2) is 13.6 Å². The highest BCUT2D eigenvalue weighted by Gasteiger charge is 2.10. The number of halogens is 2. The Kier molecular flexibility index (Phi) is 5.89. The highest BCUT2D eigenvalue weighted by atomic mass is 19.3. The van der Waals surface area contributed by atoms with Gasteiger partial charge in [0.1, 0.15) is 12.3 Å². The van der Waals surface area contributed by atoms with Gasteiger partial charge in [-0.05, 0) is 23.8 Å². The van der Waals surface area contributed by atoms with E-state index in [-0.39, 0.29) is 18.8 Å². The molecule has 6 nitrogen and oxygen atoms in total. The molecule has 0 saturated heterocycles. The summed E-state index contributed by atoms with van der Waals surface area (Å²) >= 11 is 0. The Morgan fingerprint density at radius 1 is 1.25 bits per heavy atom. The van der Waals surface area contributed by atoms with Crippen LogP contribution in [0.4, 0.5) is 13.6 Å². The Hall–Kier alpha value is -2.90. The molecule has 0 aliphatic carbocycles. The van der Waals surface area contributed by atoms with Crippen LogP contribution >= 0.6 is 0 Å². The van der Waals surface area contributed by atoms with Crippen LogP contribution < -0.4 is 14.8 Å². The van der Waals surface area contributed by atoms with E-state index in [0.717, 1.165) is 0 Å². The fraction of sp³-hybridized carbons (Fsp3) is 0.250. The number of aromatic nitrogens is 1. The first kappa shape index (κ1) is 17.5. The zero-order valence-corrected chi connectivity index (χ0v) is 12.8. The largest absolute Gasteiger partial charge is 0.493 e. The molecule has 8 heteroatoms. The Bertz CT molecular complexity index is 693. The zero-order valence-electron chi connectivity index (χ0n) is 12.8. The van der Waals surface area contributed by atoms with Gasteiger partial charge >= 0.3 is 6.09 Å². The summed E-state index contributed by atoms with van der Waals surface area (Å²) in [5.74, 6) is 0.895. The Balaban J connectivity index is 2.02. The molecule has 0 radical (unpaired) electrons. The molecule has 24 heavy (non-hydrogen) atoms. The van der Waals surface area contributed by atoms with Crippen molar-refractivity contribution in [1.82, 2.24) is 10.3 Å². The van der Waals surface area contributed by atoms with E-state index in [2.05, 4.69) is 10.3 Å². The SMILES string of the molecule is COc1cc(CNC(=O)O)ccc1OCc1ccc(C(F)F)nc1. The number of hydrogen-bond donors (Lipinski definition) is 2. The summed E-state index contributed by atoms with van der Waals surface area (Å²) in [5.41, 5.74) is 1.06. The Morgan fingerprint density at radius 2 is 2.00 bits per heavy atom. The van der Waals surface area contributed by atoms with Crippen LogP contribution in [-0.2, 0) is 13.2 Å². The van der Waals surface area contributed by atoms with E-state index in [9.17, 15) is 13.6 Å². The molecule has 0 bridgehead atoms. The van der Waals surface area contributed by atoms with E-state index in [1.165, 1.54) is 25.4 Å². The standard InChI is InChI=1S/C16H16F2N2O4/c1-23-14-6-10(7-20-16(21)22)3-5-13(14)24-9-11-2-4-12(15(17)18)19-8-11/h2-6,8,15,20H,7,9H2,1H3,(H,21,22). The lowest BCUT2D eigenvalue weighted by molar-refractivity contribution is 0.146. The van der Waals surface area contributed by atoms with Crippen LogP contribution in [0.2, 0.25) is 0 Å². The van der Waals surface area contributed by atoms with Crippen LogP contribution in [0.25, 0.3) is 0 Å². The van der Waals surface area contributed by atoms with Crippen LogP contribution in [-0.4, -0.2) is 23.3 Å². The molecule has 2 aromatic rings. The minimum Gasteiger partial charge on any atom is -0.493 e. The number of ether oxygens (including phenoxy) is 2. The van der Waals surface area contributed by atoms with E-state index in [1.54, 1.807) is 18.2 Å². The third-order valence-corrected chi connectivity index (χ3v) is 3.14. The summed E-state index contributed by atoms with van der Waals surface area (Å²) in [6.07, 6.45) is -2.39. The molecule has 1 heterocycles. The summed E-state index contributed by atoms with van der Waals surface area (Å²) in [6.45, 7) is 0.282. The summed E-state index contributed by atoms with van der Waals surface area (Å²) in [7, 11) is 1.47. The number of pyridine rings is 1. The van der Waals surface area contributed by atoms with Crippen molar-refractivity contribution in [3.05, 3.63) is 53.3 Å². The highest BCUT2D eigenvalue weighted by Crippen LogP contribution is 2.29. The first-order chi connectivity index (χ1) is 11.5. The molecule has 0 saturated carbocycles. The van der Waals surface area contributed by atoms with Gasteiger partial charge in [0.25, 0.3) is 6.43 Å². The number of rotatable bonds is 7. The normalized spacial score (nSPS) is 10.5. The molecule has 0 aliphatic heterocycles. The Labute approximate surface area is 137 Å². The molecular weight excluding hydrogens is 322 g/mol. The number of nitrogens with one attached hydrogen (secondary N) is 1. The molecule has 0 spiro atoms. The van der Waals surface area contributed by atoms with E-state index < -0.39 is 12.5 Å². The van der Waals surface area contributed by atoms with Crippen LogP contribution in [0.3, 0.4) is 0 Å². The average Bonchev–Trinajstić information content (AvgIpc) is 2.58. The van der Waals surface area contributed by atoms with E-state index in [1.807, 2.05) is 0 Å². The first-order valence-corrected chi connectivity index (χ1v) is 6.99. The van der Waals surface area contributed by atoms with Crippen molar-refractivity contribution in [2.45, 2.75) is 19.6 Å². The van der Waals surface area contributed by atoms with Crippen molar-refractivity contribution in [2.75, 3.05) is 7.11 Å². The number of carbonyl (C=O) groups is 1. The smallest absolute Gasteiger partial charge is 0.404 e. The van der Waals surface area contributed by atoms with Gasteiger partial charge in [0.15, 0.2) is 11.5 Å². The lowest BCUT2D eigenvalue weighted by atomic mass is 10.2. The van der Waals surface area contributed by atoms with Gasteiger partial charge in [-0.15, -0.1) is 0 Å². The molecule has 1 aromatic heterocycles. The zero-order chi connectivity index (χ0) is 17.5. The lowest BCUT2D eigenvalue weighted by Crippen LogP contribution is -2.19. The van der Waals surface area contributed by atoms with E-state index >= 15 is 0 Å². The predicted molar refractivity (Wildman–Crippen MR) is 81.4 cm³/mol. The Morgan fingerprint density at radius 3 is 2.58 bits per heavy atom. The third-order valence-electron chi connectivity index (χ3n) is 3.14. The molecule has 0 fully saturated rings. The fourth-order valence-electron chi connectivity index (χ4n) is 1.93. The molecular formula is C16H16F2N2O4. The second kappa shape index (κ2) is 8.09. The number of nitrogens with zero attached hydrogens (tertiary/aromatic N) is 1. The maximum absolute atomic E-state index is 12.4. The van der Waals surface area contributed by atoms with Crippen molar-refractivity contribution >= 4 is 6.09 Å². The van der Waals surface area contributed by atoms with Crippen LogP contribution in [0.15, 0.2) is 36.5 Å². The number of hydrogen-bond acceptors (Lipinski definition) is 4. The number of methoxy groups -OCH3 is 1. The topological polar surface area (TPSA) is 80.7 Å². The third kappa shape index (κ3) is 4.80. The number of alkyl halides is 2. The molecule has 0 unspecified atom stereocenters.